The van der Waals surface area contributed by atoms with Gasteiger partial charge in [-0.05, 0) is 116 Å². The van der Waals surface area contributed by atoms with Crippen molar-refractivity contribution >= 4 is 17.3 Å². The largest absolute Gasteiger partial charge is 0.459 e. The van der Waals surface area contributed by atoms with Gasteiger partial charge in [0.15, 0.2) is 0 Å². The molecule has 5 unspecified atom stereocenters. The van der Waals surface area contributed by atoms with Crippen LogP contribution in [0.3, 0.4) is 0 Å². The van der Waals surface area contributed by atoms with Gasteiger partial charge in [-0.1, -0.05) is 54.4 Å². The van der Waals surface area contributed by atoms with Crippen LogP contribution >= 0.6 is 0 Å². The fourth-order valence-electron chi connectivity index (χ4n) is 10.5. The molecular formula is C35H52N2O6. The molecular weight excluding hydrogens is 544 g/mol. The molecule has 8 nitrogen and oxygen atoms in total. The van der Waals surface area contributed by atoms with Gasteiger partial charge in [-0.15, -0.1) is 0 Å². The second-order valence-electron chi connectivity index (χ2n) is 15.7. The molecule has 0 bridgehead atoms. The highest BCUT2D eigenvalue weighted by molar-refractivity contribution is 5.91. The van der Waals surface area contributed by atoms with Gasteiger partial charge >= 0.3 is 5.97 Å². The molecule has 4 fully saturated rings. The minimum absolute atomic E-state index is 0.131. The first kappa shape index (κ1) is 31.9. The fourth-order valence-corrected chi connectivity index (χ4v) is 10.5. The number of nitro groups is 2. The lowest BCUT2D eigenvalue weighted by molar-refractivity contribution is -0.394. The van der Waals surface area contributed by atoms with Crippen molar-refractivity contribution in [3.05, 3.63) is 44.0 Å². The minimum Gasteiger partial charge on any atom is -0.459 e. The van der Waals surface area contributed by atoms with Crippen molar-refractivity contribution in [1.29, 1.82) is 0 Å². The Bertz CT molecular complexity index is 1200. The van der Waals surface area contributed by atoms with Crippen molar-refractivity contribution in [1.82, 2.24) is 0 Å². The SMILES string of the molecule is CC(C)[C@@H](C)CC[C@@H](C)C1CCC2C3CC[C@H]4C[C@H](OC(=O)c5cc([N+](=O)[O-])cc([N+](=O)[O-])c5)CC[C@@]4(C)C3CCC21C. The third kappa shape index (κ3) is 5.96. The van der Waals surface area contributed by atoms with Gasteiger partial charge in [0.1, 0.15) is 6.10 Å². The second-order valence-corrected chi connectivity index (χ2v) is 15.7. The molecule has 0 N–H and O–H groups in total. The summed E-state index contributed by atoms with van der Waals surface area (Å²) < 4.78 is 5.87. The Morgan fingerprint density at radius 3 is 2.12 bits per heavy atom. The Hall–Kier alpha value is -2.51. The van der Waals surface area contributed by atoms with E-state index in [1.54, 1.807) is 0 Å². The summed E-state index contributed by atoms with van der Waals surface area (Å²) in [6, 6.07) is 3.03. The van der Waals surface area contributed by atoms with Crippen LogP contribution in [0.2, 0.25) is 0 Å². The molecule has 1 aromatic rings. The van der Waals surface area contributed by atoms with Gasteiger partial charge in [0.05, 0.1) is 21.5 Å². The van der Waals surface area contributed by atoms with Crippen LogP contribution in [0.15, 0.2) is 18.2 Å². The Morgan fingerprint density at radius 2 is 1.49 bits per heavy atom. The van der Waals surface area contributed by atoms with Gasteiger partial charge in [0.25, 0.3) is 11.4 Å². The van der Waals surface area contributed by atoms with E-state index < -0.39 is 27.2 Å². The van der Waals surface area contributed by atoms with Crippen LogP contribution in [0.5, 0.6) is 0 Å². The van der Waals surface area contributed by atoms with Crippen LogP contribution in [0.4, 0.5) is 11.4 Å². The van der Waals surface area contributed by atoms with Gasteiger partial charge < -0.3 is 4.74 Å². The van der Waals surface area contributed by atoms with E-state index in [1.165, 1.54) is 44.9 Å². The predicted octanol–water partition coefficient (Wildman–Crippen LogP) is 9.40. The highest BCUT2D eigenvalue weighted by Gasteiger charge is 2.60. The molecule has 4 aliphatic carbocycles. The molecule has 0 heterocycles. The number of carbonyl (C=O) groups excluding carboxylic acids is 1. The molecule has 238 valence electrons. The summed E-state index contributed by atoms with van der Waals surface area (Å²) in [7, 11) is 0. The van der Waals surface area contributed by atoms with Crippen molar-refractivity contribution in [3.63, 3.8) is 0 Å². The van der Waals surface area contributed by atoms with Gasteiger partial charge in [-0.2, -0.15) is 0 Å². The number of ether oxygens (including phenoxy) is 1. The first-order chi connectivity index (χ1) is 20.2. The number of fused-ring (bicyclic) bond motifs is 5. The molecule has 8 heteroatoms. The van der Waals surface area contributed by atoms with E-state index in [9.17, 15) is 25.0 Å². The summed E-state index contributed by atoms with van der Waals surface area (Å²) >= 11 is 0. The molecule has 1 aromatic carbocycles. The van der Waals surface area contributed by atoms with Crippen molar-refractivity contribution in [3.8, 4) is 0 Å². The number of nitro benzene ring substituents is 2. The van der Waals surface area contributed by atoms with E-state index in [1.807, 2.05) is 0 Å². The summed E-state index contributed by atoms with van der Waals surface area (Å²) in [5, 5.41) is 22.6. The standard InChI is InChI=1S/C35H52N2O6/c1-21(2)22(3)7-8-23(4)30-11-12-31-29-10-9-25-19-28(13-15-34(25,5)32(29)14-16-35(30,31)6)43-33(38)24-17-26(36(39)40)20-27(18-24)37(41)42/h17-18,20-23,25,28-32H,7-16,19H2,1-6H3/t22-,23+,25-,28+,29?,30?,31?,32?,34+,35?/m0/s1. The molecule has 10 atom stereocenters. The van der Waals surface area contributed by atoms with E-state index in [-0.39, 0.29) is 17.1 Å². The van der Waals surface area contributed by atoms with Crippen LogP contribution < -0.4 is 0 Å². The average molecular weight is 597 g/mol. The average Bonchev–Trinajstić information content (AvgIpc) is 3.32. The monoisotopic (exact) mass is 596 g/mol. The molecule has 0 radical (unpaired) electrons. The maximum atomic E-state index is 13.0. The van der Waals surface area contributed by atoms with E-state index in [4.69, 9.17) is 4.74 Å². The summed E-state index contributed by atoms with van der Waals surface area (Å²) in [6.07, 6.45) is 12.8. The number of nitrogens with zero attached hydrogens (tertiary/aromatic N) is 2. The van der Waals surface area contributed by atoms with Gasteiger partial charge in [-0.3, -0.25) is 20.2 Å². The molecule has 43 heavy (non-hydrogen) atoms. The lowest BCUT2D eigenvalue weighted by atomic mass is 9.44. The summed E-state index contributed by atoms with van der Waals surface area (Å²) in [5.41, 5.74) is -0.387. The van der Waals surface area contributed by atoms with E-state index in [2.05, 4.69) is 41.5 Å². The fraction of sp³-hybridized carbons (Fsp3) is 0.800. The summed E-state index contributed by atoms with van der Waals surface area (Å²) in [5.74, 6) is 5.27. The smallest absolute Gasteiger partial charge is 0.338 e. The Balaban J connectivity index is 1.23. The molecule has 0 saturated heterocycles. The van der Waals surface area contributed by atoms with Gasteiger partial charge in [0.2, 0.25) is 0 Å². The molecule has 0 amide bonds. The lowest BCUT2D eigenvalue weighted by Gasteiger charge is -2.61. The van der Waals surface area contributed by atoms with Crippen molar-refractivity contribution in [2.24, 2.45) is 58.2 Å². The van der Waals surface area contributed by atoms with Crippen LogP contribution in [-0.2, 0) is 4.74 Å². The van der Waals surface area contributed by atoms with Crippen LogP contribution in [0.25, 0.3) is 0 Å². The van der Waals surface area contributed by atoms with Crippen molar-refractivity contribution in [2.45, 2.75) is 118 Å². The first-order valence-corrected chi connectivity index (χ1v) is 16.9. The number of non-ortho nitro benzene ring substituents is 2. The highest BCUT2D eigenvalue weighted by atomic mass is 16.6. The number of hydrogen-bond acceptors (Lipinski definition) is 6. The number of benzene rings is 1. The van der Waals surface area contributed by atoms with Gasteiger partial charge in [0, 0.05) is 12.1 Å². The van der Waals surface area contributed by atoms with E-state index >= 15 is 0 Å². The first-order valence-electron chi connectivity index (χ1n) is 16.9. The normalized spacial score (nSPS) is 36.6. The highest BCUT2D eigenvalue weighted by Crippen LogP contribution is 2.68. The summed E-state index contributed by atoms with van der Waals surface area (Å²) in [6.45, 7) is 14.8. The quantitative estimate of drug-likeness (QED) is 0.159. The molecule has 4 aliphatic rings. The van der Waals surface area contributed by atoms with Crippen molar-refractivity contribution < 1.29 is 19.4 Å². The zero-order valence-corrected chi connectivity index (χ0v) is 27.1. The number of carbonyl (C=O) groups is 1. The lowest BCUT2D eigenvalue weighted by Crippen LogP contribution is -2.54. The Morgan fingerprint density at radius 1 is 0.860 bits per heavy atom. The van der Waals surface area contributed by atoms with Crippen LogP contribution in [0.1, 0.15) is 123 Å². The van der Waals surface area contributed by atoms with E-state index in [0.717, 1.165) is 85.3 Å². The van der Waals surface area contributed by atoms with Crippen LogP contribution in [0, 0.1) is 78.4 Å². The van der Waals surface area contributed by atoms with Gasteiger partial charge in [-0.25, -0.2) is 4.79 Å². The topological polar surface area (TPSA) is 113 Å². The maximum absolute atomic E-state index is 13.0. The predicted molar refractivity (Wildman–Crippen MR) is 167 cm³/mol. The zero-order chi connectivity index (χ0) is 31.3. The Labute approximate surface area is 257 Å². The van der Waals surface area contributed by atoms with Crippen molar-refractivity contribution in [2.75, 3.05) is 0 Å². The molecule has 0 aromatic heterocycles. The molecule has 4 saturated carbocycles. The second kappa shape index (κ2) is 12.1. The third-order valence-electron chi connectivity index (χ3n) is 13.4. The van der Waals surface area contributed by atoms with Crippen LogP contribution in [-0.4, -0.2) is 21.9 Å². The maximum Gasteiger partial charge on any atom is 0.338 e. The number of esters is 1. The molecule has 5 rings (SSSR count). The van der Waals surface area contributed by atoms with E-state index in [0.29, 0.717) is 11.3 Å². The Kier molecular flexibility index (Phi) is 8.99. The number of rotatable bonds is 9. The molecule has 0 spiro atoms. The number of hydrogen-bond donors (Lipinski definition) is 0. The summed E-state index contributed by atoms with van der Waals surface area (Å²) in [4.78, 5) is 34.2. The molecule has 0 aliphatic heterocycles. The zero-order valence-electron chi connectivity index (χ0n) is 27.1. The minimum atomic E-state index is -0.718. The third-order valence-corrected chi connectivity index (χ3v) is 13.4.